The predicted molar refractivity (Wildman–Crippen MR) is 68.9 cm³/mol. The van der Waals surface area contributed by atoms with Gasteiger partial charge < -0.3 is 4.42 Å². The molecule has 0 aliphatic rings. The summed E-state index contributed by atoms with van der Waals surface area (Å²) < 4.78 is 3.48. The quantitative estimate of drug-likeness (QED) is 0.782. The van der Waals surface area contributed by atoms with Gasteiger partial charge in [0.15, 0.2) is 0 Å². The molecule has 3 nitrogen and oxygen atoms in total. The van der Waals surface area contributed by atoms with E-state index in [9.17, 15) is 0 Å². The van der Waals surface area contributed by atoms with E-state index in [4.69, 9.17) is 39.2 Å². The Bertz CT molecular complexity index is 517. The van der Waals surface area contributed by atoms with E-state index >= 15 is 0 Å². The van der Waals surface area contributed by atoms with Gasteiger partial charge in [-0.15, -0.1) is 10.2 Å². The summed E-state index contributed by atoms with van der Waals surface area (Å²) in [6.07, 6.45) is 3.48. The van der Waals surface area contributed by atoms with Crippen LogP contribution in [0.4, 0.5) is 0 Å². The fourth-order valence-electron chi connectivity index (χ4n) is 1.15. The van der Waals surface area contributed by atoms with Crippen LogP contribution in [0.1, 0.15) is 17.3 Å². The molecule has 0 atom stereocenters. The Morgan fingerprint density at radius 3 is 2.29 bits per heavy atom. The van der Waals surface area contributed by atoms with Crippen LogP contribution in [0.25, 0.3) is 12.2 Å². The van der Waals surface area contributed by atoms with E-state index in [1.54, 1.807) is 6.08 Å². The molecule has 0 saturated carbocycles. The standard InChI is InChI=1S/C11H7Cl3N2O/c12-11(13,14)10-16-15-9(17-10)7-6-8-4-2-1-3-5-8/h1-7H/b7-6+. The van der Waals surface area contributed by atoms with Crippen LogP contribution in [0.5, 0.6) is 0 Å². The molecule has 17 heavy (non-hydrogen) atoms. The smallest absolute Gasteiger partial charge is 0.268 e. The normalized spacial score (nSPS) is 12.2. The fraction of sp³-hybridized carbons (Fsp3) is 0.0909. The second kappa shape index (κ2) is 5.08. The third kappa shape index (κ3) is 3.46. The first kappa shape index (κ1) is 12.4. The second-order valence-electron chi connectivity index (χ2n) is 3.19. The van der Waals surface area contributed by atoms with Gasteiger partial charge in [-0.25, -0.2) is 0 Å². The van der Waals surface area contributed by atoms with Crippen LogP contribution in [-0.4, -0.2) is 10.2 Å². The number of hydrogen-bond donors (Lipinski definition) is 0. The largest absolute Gasteiger partial charge is 0.417 e. The first-order chi connectivity index (χ1) is 8.05. The van der Waals surface area contributed by atoms with Crippen molar-refractivity contribution in [3.8, 4) is 0 Å². The van der Waals surface area contributed by atoms with Gasteiger partial charge in [0.25, 0.3) is 9.68 Å². The van der Waals surface area contributed by atoms with Gasteiger partial charge in [0.05, 0.1) is 0 Å². The van der Waals surface area contributed by atoms with Crippen molar-refractivity contribution < 1.29 is 4.42 Å². The third-order valence-corrected chi connectivity index (χ3v) is 2.39. The Labute approximate surface area is 113 Å². The van der Waals surface area contributed by atoms with Crippen LogP contribution in [0.2, 0.25) is 0 Å². The van der Waals surface area contributed by atoms with Crippen molar-refractivity contribution >= 4 is 47.0 Å². The summed E-state index contributed by atoms with van der Waals surface area (Å²) in [5.74, 6) is 0.241. The third-order valence-electron chi connectivity index (χ3n) is 1.90. The Balaban J connectivity index is 2.15. The molecule has 0 amide bonds. The molecule has 1 heterocycles. The molecule has 0 N–H and O–H groups in total. The number of nitrogens with zero attached hydrogens (tertiary/aromatic N) is 2. The first-order valence-corrected chi connectivity index (χ1v) is 5.83. The van der Waals surface area contributed by atoms with Crippen LogP contribution in [0.3, 0.4) is 0 Å². The zero-order valence-electron chi connectivity index (χ0n) is 8.48. The van der Waals surface area contributed by atoms with E-state index in [0.717, 1.165) is 5.56 Å². The minimum Gasteiger partial charge on any atom is -0.417 e. The lowest BCUT2D eigenvalue weighted by molar-refractivity contribution is 0.493. The van der Waals surface area contributed by atoms with E-state index < -0.39 is 3.79 Å². The van der Waals surface area contributed by atoms with Crippen molar-refractivity contribution in [2.45, 2.75) is 3.79 Å². The highest BCUT2D eigenvalue weighted by atomic mass is 35.6. The summed E-state index contributed by atoms with van der Waals surface area (Å²) in [4.78, 5) is 0. The SMILES string of the molecule is ClC(Cl)(Cl)c1nnc(/C=C/c2ccccc2)o1. The lowest BCUT2D eigenvalue weighted by Crippen LogP contribution is -1.99. The maximum atomic E-state index is 5.60. The maximum Gasteiger partial charge on any atom is 0.268 e. The van der Waals surface area contributed by atoms with Gasteiger partial charge in [0, 0.05) is 6.08 Å². The van der Waals surface area contributed by atoms with Gasteiger partial charge in [-0.1, -0.05) is 65.1 Å². The number of halogens is 3. The molecule has 0 aliphatic carbocycles. The summed E-state index contributed by atoms with van der Waals surface area (Å²) in [5, 5.41) is 7.38. The van der Waals surface area contributed by atoms with E-state index in [1.807, 2.05) is 36.4 Å². The molecule has 0 saturated heterocycles. The highest BCUT2D eigenvalue weighted by Gasteiger charge is 2.29. The van der Waals surface area contributed by atoms with Crippen LogP contribution in [-0.2, 0) is 3.79 Å². The molecule has 0 radical (unpaired) electrons. The minimum atomic E-state index is -1.69. The van der Waals surface area contributed by atoms with E-state index in [0.29, 0.717) is 0 Å². The van der Waals surface area contributed by atoms with E-state index in [-0.39, 0.29) is 11.8 Å². The number of alkyl halides is 3. The van der Waals surface area contributed by atoms with Gasteiger partial charge in [-0.3, -0.25) is 0 Å². The van der Waals surface area contributed by atoms with Gasteiger partial charge in [0.1, 0.15) is 0 Å². The first-order valence-electron chi connectivity index (χ1n) is 4.69. The monoisotopic (exact) mass is 288 g/mol. The molecule has 0 aliphatic heterocycles. The molecule has 2 aromatic rings. The number of hydrogen-bond acceptors (Lipinski definition) is 3. The molecule has 2 rings (SSSR count). The summed E-state index contributed by atoms with van der Waals surface area (Å²) >= 11 is 16.8. The molecule has 1 aromatic carbocycles. The Kier molecular flexibility index (Phi) is 3.72. The van der Waals surface area contributed by atoms with Crippen LogP contribution < -0.4 is 0 Å². The zero-order valence-corrected chi connectivity index (χ0v) is 10.7. The van der Waals surface area contributed by atoms with Crippen LogP contribution in [0.15, 0.2) is 34.7 Å². The van der Waals surface area contributed by atoms with E-state index in [1.165, 1.54) is 0 Å². The summed E-state index contributed by atoms with van der Waals surface area (Å²) in [5.41, 5.74) is 1.01. The van der Waals surface area contributed by atoms with Gasteiger partial charge in [-0.2, -0.15) is 0 Å². The van der Waals surface area contributed by atoms with Crippen molar-refractivity contribution in [3.63, 3.8) is 0 Å². The number of rotatable bonds is 2. The Hall–Kier alpha value is -1.03. The van der Waals surface area contributed by atoms with E-state index in [2.05, 4.69) is 10.2 Å². The topological polar surface area (TPSA) is 38.9 Å². The summed E-state index contributed by atoms with van der Waals surface area (Å²) in [7, 11) is 0. The highest BCUT2D eigenvalue weighted by Crippen LogP contribution is 2.37. The van der Waals surface area contributed by atoms with Gasteiger partial charge in [0.2, 0.25) is 5.89 Å². The van der Waals surface area contributed by atoms with Gasteiger partial charge in [-0.05, 0) is 11.6 Å². The lowest BCUT2D eigenvalue weighted by atomic mass is 10.2. The molecular weight excluding hydrogens is 282 g/mol. The van der Waals surface area contributed by atoms with Crippen LogP contribution in [0, 0.1) is 0 Å². The van der Waals surface area contributed by atoms with Crippen molar-refractivity contribution in [2.24, 2.45) is 0 Å². The number of aromatic nitrogens is 2. The molecule has 6 heteroatoms. The molecule has 0 unspecified atom stereocenters. The fourth-order valence-corrected chi connectivity index (χ4v) is 1.38. The Morgan fingerprint density at radius 2 is 1.71 bits per heavy atom. The minimum absolute atomic E-state index is 0.0461. The molecule has 0 bridgehead atoms. The summed E-state index contributed by atoms with van der Waals surface area (Å²) in [6.45, 7) is 0. The predicted octanol–water partition coefficient (Wildman–Crippen LogP) is 4.07. The molecule has 0 spiro atoms. The van der Waals surface area contributed by atoms with Crippen LogP contribution >= 0.6 is 34.8 Å². The molecule has 0 fully saturated rings. The van der Waals surface area contributed by atoms with Crippen molar-refractivity contribution in [3.05, 3.63) is 47.7 Å². The molecule has 88 valence electrons. The highest BCUT2D eigenvalue weighted by molar-refractivity contribution is 6.66. The molecule has 1 aromatic heterocycles. The second-order valence-corrected chi connectivity index (χ2v) is 5.47. The molecular formula is C11H7Cl3N2O. The Morgan fingerprint density at radius 1 is 1.00 bits per heavy atom. The lowest BCUT2D eigenvalue weighted by Gasteiger charge is -2.01. The average Bonchev–Trinajstić information content (AvgIpc) is 2.76. The van der Waals surface area contributed by atoms with Crippen molar-refractivity contribution in [2.75, 3.05) is 0 Å². The van der Waals surface area contributed by atoms with Gasteiger partial charge >= 0.3 is 0 Å². The average molecular weight is 290 g/mol. The van der Waals surface area contributed by atoms with Crippen molar-refractivity contribution in [1.29, 1.82) is 0 Å². The maximum absolute atomic E-state index is 5.60. The zero-order chi connectivity index (χ0) is 12.3. The summed E-state index contributed by atoms with van der Waals surface area (Å²) in [6, 6.07) is 9.69. The van der Waals surface area contributed by atoms with Crippen molar-refractivity contribution in [1.82, 2.24) is 10.2 Å². The number of benzene rings is 1.